The Bertz CT molecular complexity index is 850. The number of benzene rings is 2. The summed E-state index contributed by atoms with van der Waals surface area (Å²) in [4.78, 5) is 17.4. The van der Waals surface area contributed by atoms with E-state index in [1.807, 2.05) is 0 Å². The van der Waals surface area contributed by atoms with Gasteiger partial charge in [0.25, 0.3) is 5.91 Å². The van der Waals surface area contributed by atoms with Gasteiger partial charge in [-0.05, 0) is 24.3 Å². The number of anilines is 1. The first-order chi connectivity index (χ1) is 12.4. The molecule has 0 saturated heterocycles. The van der Waals surface area contributed by atoms with Crippen molar-refractivity contribution in [2.75, 3.05) is 12.4 Å². The smallest absolute Gasteiger partial charge is 0.418 e. The van der Waals surface area contributed by atoms with Crippen LogP contribution >= 0.6 is 0 Å². The Hall–Kier alpha value is -3.03. The number of ether oxygens (including phenoxy) is 1. The Morgan fingerprint density at radius 1 is 1.19 bits per heavy atom. The van der Waals surface area contributed by atoms with Crippen molar-refractivity contribution in [3.63, 3.8) is 0 Å². The summed E-state index contributed by atoms with van der Waals surface area (Å²) in [5, 5.41) is 6.15. The molecule has 0 unspecified atom stereocenters. The van der Waals surface area contributed by atoms with Gasteiger partial charge in [0.2, 0.25) is 6.10 Å². The van der Waals surface area contributed by atoms with Crippen molar-refractivity contribution in [2.24, 2.45) is 5.16 Å². The number of para-hydroxylation sites is 2. The number of hydrogen-bond donors (Lipinski definition) is 1. The van der Waals surface area contributed by atoms with Crippen molar-refractivity contribution < 1.29 is 27.5 Å². The molecule has 0 radical (unpaired) electrons. The third kappa shape index (κ3) is 3.63. The third-order valence-electron chi connectivity index (χ3n) is 3.87. The maximum Gasteiger partial charge on any atom is 0.418 e. The number of methoxy groups -OCH3 is 1. The molecular weight excluding hydrogens is 349 g/mol. The number of amides is 1. The molecule has 136 valence electrons. The van der Waals surface area contributed by atoms with Gasteiger partial charge in [0.1, 0.15) is 5.75 Å². The molecule has 0 saturated carbocycles. The van der Waals surface area contributed by atoms with Gasteiger partial charge in [0.05, 0.1) is 24.1 Å². The number of halogens is 3. The average Bonchev–Trinajstić information content (AvgIpc) is 3.11. The minimum atomic E-state index is -4.57. The monoisotopic (exact) mass is 364 g/mol. The molecule has 3 rings (SSSR count). The lowest BCUT2D eigenvalue weighted by Crippen LogP contribution is -2.29. The number of nitrogens with zero attached hydrogens (tertiary/aromatic N) is 1. The lowest BCUT2D eigenvalue weighted by atomic mass is 10.0. The van der Waals surface area contributed by atoms with Crippen LogP contribution in [0.2, 0.25) is 0 Å². The molecule has 1 atom stereocenters. The van der Waals surface area contributed by atoms with Crippen molar-refractivity contribution in [3.05, 3.63) is 59.7 Å². The molecular formula is C18H15F3N2O3. The standard InChI is InChI=1S/C18H15F3N2O3/c1-25-15-9-5-2-6-11(15)14-10-16(26-23-14)17(24)22-13-8-4-3-7-12(13)18(19,20)21/h2-9,16H,10H2,1H3,(H,22,24)/t16-/m1/s1. The van der Waals surface area contributed by atoms with E-state index in [1.54, 1.807) is 24.3 Å². The SMILES string of the molecule is COc1ccccc1C1=NO[C@@H](C(=O)Nc2ccccc2C(F)(F)F)C1. The second kappa shape index (κ2) is 7.07. The number of alkyl halides is 3. The third-order valence-corrected chi connectivity index (χ3v) is 3.87. The number of carbonyl (C=O) groups is 1. The van der Waals surface area contributed by atoms with Gasteiger partial charge in [0, 0.05) is 12.0 Å². The minimum Gasteiger partial charge on any atom is -0.496 e. The van der Waals surface area contributed by atoms with Crippen LogP contribution < -0.4 is 10.1 Å². The van der Waals surface area contributed by atoms with Gasteiger partial charge in [-0.3, -0.25) is 4.79 Å². The molecule has 1 aliphatic rings. The molecule has 26 heavy (non-hydrogen) atoms. The van der Waals surface area contributed by atoms with E-state index in [0.717, 1.165) is 6.07 Å². The van der Waals surface area contributed by atoms with Gasteiger partial charge in [-0.2, -0.15) is 13.2 Å². The number of oxime groups is 1. The molecule has 5 nitrogen and oxygen atoms in total. The zero-order valence-electron chi connectivity index (χ0n) is 13.7. The quantitative estimate of drug-likeness (QED) is 0.897. The lowest BCUT2D eigenvalue weighted by molar-refractivity contribution is -0.137. The Morgan fingerprint density at radius 3 is 2.62 bits per heavy atom. The number of rotatable bonds is 4. The summed E-state index contributed by atoms with van der Waals surface area (Å²) in [5.74, 6) is -0.131. The van der Waals surface area contributed by atoms with Crippen molar-refractivity contribution in [3.8, 4) is 5.75 Å². The van der Waals surface area contributed by atoms with Crippen LogP contribution in [-0.4, -0.2) is 24.8 Å². The van der Waals surface area contributed by atoms with Gasteiger partial charge in [-0.15, -0.1) is 0 Å². The molecule has 1 aliphatic heterocycles. The van der Waals surface area contributed by atoms with E-state index in [0.29, 0.717) is 17.0 Å². The average molecular weight is 364 g/mol. The summed E-state index contributed by atoms with van der Waals surface area (Å²) >= 11 is 0. The van der Waals surface area contributed by atoms with Crippen LogP contribution in [0.15, 0.2) is 53.7 Å². The first kappa shape index (κ1) is 17.8. The van der Waals surface area contributed by atoms with E-state index in [2.05, 4.69) is 10.5 Å². The zero-order chi connectivity index (χ0) is 18.7. The van der Waals surface area contributed by atoms with E-state index in [-0.39, 0.29) is 12.1 Å². The molecule has 2 aromatic carbocycles. The Balaban J connectivity index is 1.72. The van der Waals surface area contributed by atoms with Gasteiger partial charge in [-0.1, -0.05) is 29.4 Å². The van der Waals surface area contributed by atoms with E-state index < -0.39 is 23.8 Å². The first-order valence-corrected chi connectivity index (χ1v) is 7.73. The van der Waals surface area contributed by atoms with Gasteiger partial charge < -0.3 is 14.9 Å². The normalized spacial score (nSPS) is 16.6. The summed E-state index contributed by atoms with van der Waals surface area (Å²) < 4.78 is 44.3. The van der Waals surface area contributed by atoms with E-state index in [4.69, 9.17) is 9.57 Å². The highest BCUT2D eigenvalue weighted by molar-refractivity contribution is 6.07. The van der Waals surface area contributed by atoms with Crippen LogP contribution in [0.4, 0.5) is 18.9 Å². The van der Waals surface area contributed by atoms with Crippen LogP contribution in [-0.2, 0) is 15.8 Å². The maximum atomic E-state index is 13.0. The van der Waals surface area contributed by atoms with Gasteiger partial charge in [0.15, 0.2) is 0 Å². The fourth-order valence-corrected chi connectivity index (χ4v) is 2.61. The van der Waals surface area contributed by atoms with E-state index >= 15 is 0 Å². The van der Waals surface area contributed by atoms with Gasteiger partial charge >= 0.3 is 6.18 Å². The molecule has 0 aromatic heterocycles. The molecule has 1 amide bonds. The Labute approximate surface area is 147 Å². The van der Waals surface area contributed by atoms with Crippen molar-refractivity contribution in [1.29, 1.82) is 0 Å². The number of nitrogens with one attached hydrogen (secondary N) is 1. The Kier molecular flexibility index (Phi) is 4.83. The summed E-state index contributed by atoms with van der Waals surface area (Å²) in [7, 11) is 1.51. The highest BCUT2D eigenvalue weighted by Crippen LogP contribution is 2.35. The topological polar surface area (TPSA) is 59.9 Å². The molecule has 2 aromatic rings. The van der Waals surface area contributed by atoms with Gasteiger partial charge in [-0.25, -0.2) is 0 Å². The highest BCUT2D eigenvalue weighted by Gasteiger charge is 2.35. The molecule has 1 N–H and O–H groups in total. The Morgan fingerprint density at radius 2 is 1.88 bits per heavy atom. The highest BCUT2D eigenvalue weighted by atomic mass is 19.4. The summed E-state index contributed by atoms with van der Waals surface area (Å²) in [6, 6.07) is 11.8. The second-order valence-corrected chi connectivity index (χ2v) is 5.57. The predicted octanol–water partition coefficient (Wildman–Crippen LogP) is 3.85. The number of carbonyl (C=O) groups excluding carboxylic acids is 1. The van der Waals surface area contributed by atoms with Crippen LogP contribution in [0.5, 0.6) is 5.75 Å². The van der Waals surface area contributed by atoms with Crippen LogP contribution in [0.25, 0.3) is 0 Å². The second-order valence-electron chi connectivity index (χ2n) is 5.57. The van der Waals surface area contributed by atoms with Crippen molar-refractivity contribution in [2.45, 2.75) is 18.7 Å². The fraction of sp³-hybridized carbons (Fsp3) is 0.222. The fourth-order valence-electron chi connectivity index (χ4n) is 2.61. The van der Waals surface area contributed by atoms with Crippen LogP contribution in [0.1, 0.15) is 17.5 Å². The maximum absolute atomic E-state index is 13.0. The molecule has 1 heterocycles. The molecule has 0 bridgehead atoms. The predicted molar refractivity (Wildman–Crippen MR) is 89.1 cm³/mol. The molecule has 8 heteroatoms. The molecule has 0 spiro atoms. The largest absolute Gasteiger partial charge is 0.496 e. The van der Waals surface area contributed by atoms with E-state index in [1.165, 1.54) is 25.3 Å². The lowest BCUT2D eigenvalue weighted by Gasteiger charge is -2.15. The summed E-state index contributed by atoms with van der Waals surface area (Å²) in [6.07, 6.45) is -5.46. The molecule has 0 fully saturated rings. The zero-order valence-corrected chi connectivity index (χ0v) is 13.7. The first-order valence-electron chi connectivity index (χ1n) is 7.73. The minimum absolute atomic E-state index is 0.125. The van der Waals surface area contributed by atoms with Crippen molar-refractivity contribution in [1.82, 2.24) is 0 Å². The summed E-state index contributed by atoms with van der Waals surface area (Å²) in [6.45, 7) is 0. The van der Waals surface area contributed by atoms with Crippen LogP contribution in [0, 0.1) is 0 Å². The summed E-state index contributed by atoms with van der Waals surface area (Å²) in [5.41, 5.74) is -0.0794. The van der Waals surface area contributed by atoms with E-state index in [9.17, 15) is 18.0 Å². The van der Waals surface area contributed by atoms with Crippen LogP contribution in [0.3, 0.4) is 0 Å². The van der Waals surface area contributed by atoms with Crippen molar-refractivity contribution >= 4 is 17.3 Å². The number of hydrogen-bond acceptors (Lipinski definition) is 4. The molecule has 0 aliphatic carbocycles.